The molecule has 1 aliphatic carbocycles. The van der Waals surface area contributed by atoms with Crippen molar-refractivity contribution >= 4 is 10.8 Å². The molecule has 0 unspecified atom stereocenters. The summed E-state index contributed by atoms with van der Waals surface area (Å²) in [6.07, 6.45) is 10.0. The van der Waals surface area contributed by atoms with Crippen molar-refractivity contribution in [2.75, 3.05) is 0 Å². The SMILES string of the molecule is Cc1cc2ccccc2[c-]1C.[C-]1=CC=CC1.[Cl-].[Cl-].[Zr+4]. The van der Waals surface area contributed by atoms with E-state index in [0.29, 0.717) is 0 Å². The Kier molecular flexibility index (Phi) is 11.7. The van der Waals surface area contributed by atoms with Crippen LogP contribution in [0.25, 0.3) is 10.8 Å². The zero-order chi connectivity index (χ0) is 11.4. The fourth-order valence-corrected chi connectivity index (χ4v) is 1.86. The predicted molar refractivity (Wildman–Crippen MR) is 70.6 cm³/mol. The number of fused-ring (bicyclic) bond motifs is 1. The standard InChI is InChI=1S/C11H11.C5H5.2ClH.Zr/c1-8-7-10-5-3-4-6-11(10)9(8)2;1-2-4-5-3-1;;;/h3-7H,1-2H3;1-3H,4H2;2*1H;/q2*-1;;;+4/p-2. The van der Waals surface area contributed by atoms with Gasteiger partial charge in [0, 0.05) is 0 Å². The van der Waals surface area contributed by atoms with Crippen LogP contribution in [0.15, 0.2) is 48.6 Å². The zero-order valence-corrected chi connectivity index (χ0v) is 15.1. The number of aryl methyl sites for hydroxylation is 2. The van der Waals surface area contributed by atoms with Gasteiger partial charge in [0.05, 0.1) is 0 Å². The van der Waals surface area contributed by atoms with Gasteiger partial charge in [0.25, 0.3) is 0 Å². The minimum Gasteiger partial charge on any atom is -1.00 e. The van der Waals surface area contributed by atoms with Crippen molar-refractivity contribution in [1.29, 1.82) is 0 Å². The van der Waals surface area contributed by atoms with Gasteiger partial charge in [0.2, 0.25) is 0 Å². The number of benzene rings is 1. The number of allylic oxidation sites excluding steroid dienone is 4. The van der Waals surface area contributed by atoms with Crippen LogP contribution in [0, 0.1) is 19.9 Å². The Bertz CT molecular complexity index is 529. The summed E-state index contributed by atoms with van der Waals surface area (Å²) in [5.74, 6) is 0. The average Bonchev–Trinajstić information content (AvgIpc) is 2.93. The van der Waals surface area contributed by atoms with Crippen LogP contribution in [-0.2, 0) is 26.2 Å². The minimum absolute atomic E-state index is 0. The molecule has 0 N–H and O–H groups in total. The Morgan fingerprint density at radius 2 is 1.84 bits per heavy atom. The van der Waals surface area contributed by atoms with Crippen molar-refractivity contribution in [3.8, 4) is 0 Å². The topological polar surface area (TPSA) is 0 Å². The van der Waals surface area contributed by atoms with Gasteiger partial charge in [-0.25, -0.2) is 12.2 Å². The van der Waals surface area contributed by atoms with Gasteiger partial charge >= 0.3 is 26.2 Å². The van der Waals surface area contributed by atoms with E-state index in [1.165, 1.54) is 21.9 Å². The van der Waals surface area contributed by atoms with E-state index in [1.54, 1.807) is 0 Å². The molecule has 0 heterocycles. The number of hydrogen-bond acceptors (Lipinski definition) is 0. The van der Waals surface area contributed by atoms with Gasteiger partial charge in [-0.3, -0.25) is 6.08 Å². The van der Waals surface area contributed by atoms with E-state index in [4.69, 9.17) is 0 Å². The van der Waals surface area contributed by atoms with Gasteiger partial charge in [-0.15, -0.1) is 46.5 Å². The summed E-state index contributed by atoms with van der Waals surface area (Å²) in [5.41, 5.74) is 2.81. The second-order valence-corrected chi connectivity index (χ2v) is 4.04. The molecule has 0 saturated heterocycles. The molecule has 0 fully saturated rings. The Hall–Kier alpha value is -0.227. The monoisotopic (exact) mass is 368 g/mol. The first-order valence-electron chi connectivity index (χ1n) is 5.62. The van der Waals surface area contributed by atoms with E-state index < -0.39 is 0 Å². The normalized spacial score (nSPS) is 10.8. The van der Waals surface area contributed by atoms with Crippen LogP contribution in [0.1, 0.15) is 17.5 Å². The van der Waals surface area contributed by atoms with E-state index in [9.17, 15) is 0 Å². The largest absolute Gasteiger partial charge is 4.00 e. The Balaban J connectivity index is 0. The quantitative estimate of drug-likeness (QED) is 0.495. The summed E-state index contributed by atoms with van der Waals surface area (Å²) >= 11 is 0. The van der Waals surface area contributed by atoms with Gasteiger partial charge < -0.3 is 24.8 Å². The molecular weight excluding hydrogens is 354 g/mol. The van der Waals surface area contributed by atoms with Crippen LogP contribution < -0.4 is 24.8 Å². The van der Waals surface area contributed by atoms with Crippen LogP contribution >= 0.6 is 0 Å². The van der Waals surface area contributed by atoms with Gasteiger partial charge in [-0.1, -0.05) is 19.9 Å². The van der Waals surface area contributed by atoms with Crippen molar-refractivity contribution in [1.82, 2.24) is 0 Å². The van der Waals surface area contributed by atoms with Crippen molar-refractivity contribution in [3.05, 3.63) is 65.8 Å². The van der Waals surface area contributed by atoms with Crippen LogP contribution in [0.3, 0.4) is 0 Å². The third kappa shape index (κ3) is 5.73. The summed E-state index contributed by atoms with van der Waals surface area (Å²) in [6.45, 7) is 4.34. The van der Waals surface area contributed by atoms with Gasteiger partial charge in [0.15, 0.2) is 0 Å². The molecule has 0 nitrogen and oxygen atoms in total. The van der Waals surface area contributed by atoms with E-state index >= 15 is 0 Å². The molecule has 2 aromatic rings. The Morgan fingerprint density at radius 1 is 1.16 bits per heavy atom. The summed E-state index contributed by atoms with van der Waals surface area (Å²) < 4.78 is 0. The van der Waals surface area contributed by atoms with Crippen LogP contribution in [0.4, 0.5) is 0 Å². The predicted octanol–water partition coefficient (Wildman–Crippen LogP) is -1.51. The molecule has 1 aliphatic rings. The smallest absolute Gasteiger partial charge is 1.00 e. The molecule has 0 bridgehead atoms. The van der Waals surface area contributed by atoms with E-state index in [2.05, 4.69) is 56.3 Å². The molecule has 3 heteroatoms. The maximum Gasteiger partial charge on any atom is 4.00 e. The molecular formula is C16H16Cl2Zr. The molecule has 3 rings (SSSR count). The summed E-state index contributed by atoms with van der Waals surface area (Å²) in [7, 11) is 0. The number of halogens is 2. The Labute approximate surface area is 147 Å². The summed E-state index contributed by atoms with van der Waals surface area (Å²) in [6, 6.07) is 10.8. The molecule has 0 aromatic heterocycles. The molecule has 19 heavy (non-hydrogen) atoms. The third-order valence-electron chi connectivity index (χ3n) is 2.91. The average molecular weight is 370 g/mol. The summed E-state index contributed by atoms with van der Waals surface area (Å²) in [4.78, 5) is 0. The van der Waals surface area contributed by atoms with Crippen LogP contribution in [0.2, 0.25) is 0 Å². The first-order chi connectivity index (χ1) is 7.79. The molecule has 98 valence electrons. The van der Waals surface area contributed by atoms with Gasteiger partial charge in [-0.05, 0) is 0 Å². The molecule has 0 amide bonds. The molecule has 0 saturated carbocycles. The zero-order valence-electron chi connectivity index (χ0n) is 11.1. The molecule has 0 spiro atoms. The summed E-state index contributed by atoms with van der Waals surface area (Å²) in [5, 5.41) is 2.76. The van der Waals surface area contributed by atoms with Gasteiger partial charge in [-0.2, -0.15) is 12.1 Å². The second kappa shape index (κ2) is 10.5. The maximum atomic E-state index is 2.99. The first kappa shape index (κ1) is 21.1. The molecule has 0 atom stereocenters. The van der Waals surface area contributed by atoms with Gasteiger partial charge in [0.1, 0.15) is 0 Å². The maximum absolute atomic E-state index is 2.99. The van der Waals surface area contributed by atoms with Crippen molar-refractivity contribution < 1.29 is 51.0 Å². The van der Waals surface area contributed by atoms with Crippen LogP contribution in [0.5, 0.6) is 0 Å². The van der Waals surface area contributed by atoms with E-state index in [-0.39, 0.29) is 51.0 Å². The molecule has 2 aromatic carbocycles. The molecule has 0 radical (unpaired) electrons. The third-order valence-corrected chi connectivity index (χ3v) is 2.91. The number of rotatable bonds is 0. The minimum atomic E-state index is 0. The second-order valence-electron chi connectivity index (χ2n) is 4.04. The van der Waals surface area contributed by atoms with Crippen molar-refractivity contribution in [2.24, 2.45) is 0 Å². The van der Waals surface area contributed by atoms with E-state index in [1.807, 2.05) is 12.2 Å². The van der Waals surface area contributed by atoms with Crippen molar-refractivity contribution in [2.45, 2.75) is 20.3 Å². The van der Waals surface area contributed by atoms with E-state index in [0.717, 1.165) is 6.42 Å². The van der Waals surface area contributed by atoms with Crippen LogP contribution in [-0.4, -0.2) is 0 Å². The fourth-order valence-electron chi connectivity index (χ4n) is 1.86. The molecule has 0 aliphatic heterocycles. The first-order valence-corrected chi connectivity index (χ1v) is 5.62. The Morgan fingerprint density at radius 3 is 2.32 bits per heavy atom. The number of hydrogen-bond donors (Lipinski definition) is 0. The fraction of sp³-hybridized carbons (Fsp3) is 0.188. The van der Waals surface area contributed by atoms with Crippen molar-refractivity contribution in [3.63, 3.8) is 0 Å².